The summed E-state index contributed by atoms with van der Waals surface area (Å²) in [5.41, 5.74) is 1.67. The summed E-state index contributed by atoms with van der Waals surface area (Å²) in [6.45, 7) is 0. The molecule has 0 heterocycles. The van der Waals surface area contributed by atoms with Crippen LogP contribution in [0.25, 0.3) is 11.1 Å². The Hall–Kier alpha value is -3.37. The smallest absolute Gasteiger partial charge is 0.258 e. The highest BCUT2D eigenvalue weighted by Gasteiger charge is 2.35. The third-order valence-electron chi connectivity index (χ3n) is 4.44. The Bertz CT molecular complexity index is 1040. The number of hydrogen-bond acceptors (Lipinski definition) is 2. The summed E-state index contributed by atoms with van der Waals surface area (Å²) >= 11 is 0. The van der Waals surface area contributed by atoms with E-state index < -0.39 is 10.9 Å². The molecule has 0 aliphatic heterocycles. The van der Waals surface area contributed by atoms with Crippen molar-refractivity contribution in [3.63, 3.8) is 0 Å². The van der Waals surface area contributed by atoms with E-state index in [0.717, 1.165) is 20.2 Å². The highest BCUT2D eigenvalue weighted by Crippen LogP contribution is 2.41. The molecule has 0 saturated carbocycles. The molecule has 0 bridgehead atoms. The average Bonchev–Trinajstić information content (AvgIpc) is 2.76. The highest BCUT2D eigenvalue weighted by molar-refractivity contribution is 7.97. The summed E-state index contributed by atoms with van der Waals surface area (Å²) in [6.07, 6.45) is 0. The lowest BCUT2D eigenvalue weighted by atomic mass is 10.0. The van der Waals surface area contributed by atoms with Crippen molar-refractivity contribution in [2.24, 2.45) is 0 Å². The molecule has 4 aromatic rings. The molecule has 4 aromatic carbocycles. The highest BCUT2D eigenvalue weighted by atomic mass is 32.2. The summed E-state index contributed by atoms with van der Waals surface area (Å²) < 4.78 is 0. The van der Waals surface area contributed by atoms with Crippen molar-refractivity contribution in [3.05, 3.63) is 119 Å². The minimum Gasteiger partial charge on any atom is -0.258 e. The molecule has 0 spiro atoms. The molecule has 0 aromatic heterocycles. The minimum absolute atomic E-state index is 0.132. The van der Waals surface area contributed by atoms with Gasteiger partial charge in [0.05, 0.1) is 4.92 Å². The van der Waals surface area contributed by atoms with Crippen molar-refractivity contribution in [1.82, 2.24) is 0 Å². The fourth-order valence-electron chi connectivity index (χ4n) is 3.24. The third-order valence-corrected chi connectivity index (χ3v) is 6.71. The van der Waals surface area contributed by atoms with E-state index in [0.29, 0.717) is 5.56 Å². The molecule has 4 heteroatoms. The van der Waals surface area contributed by atoms with Gasteiger partial charge >= 0.3 is 0 Å². The number of nitrogens with zero attached hydrogens (tertiary/aromatic N) is 1. The second kappa shape index (κ2) is 8.11. The van der Waals surface area contributed by atoms with Crippen LogP contribution >= 0.6 is 0 Å². The largest absolute Gasteiger partial charge is 0.282 e. The predicted octanol–water partition coefficient (Wildman–Crippen LogP) is 6.36. The zero-order valence-corrected chi connectivity index (χ0v) is 15.9. The van der Waals surface area contributed by atoms with Crippen molar-refractivity contribution >= 4 is 16.6 Å². The Balaban J connectivity index is 2.02. The maximum absolute atomic E-state index is 11.9. The first-order chi connectivity index (χ1) is 13.8. The SMILES string of the molecule is O=[N+]([O-])c1cccc([S+](c2ccccc2)c2ccccc2)c1-c1ccccc1. The number of hydrogen-bond donors (Lipinski definition) is 0. The molecule has 0 saturated heterocycles. The molecule has 0 radical (unpaired) electrons. The topological polar surface area (TPSA) is 43.1 Å². The number of rotatable bonds is 5. The molecule has 28 heavy (non-hydrogen) atoms. The second-order valence-electron chi connectivity index (χ2n) is 6.21. The molecule has 0 fully saturated rings. The zero-order chi connectivity index (χ0) is 19.3. The van der Waals surface area contributed by atoms with Crippen molar-refractivity contribution in [2.75, 3.05) is 0 Å². The molecule has 4 rings (SSSR count). The molecule has 136 valence electrons. The van der Waals surface area contributed by atoms with Gasteiger partial charge in [-0.15, -0.1) is 0 Å². The first kappa shape index (κ1) is 18.0. The summed E-state index contributed by atoms with van der Waals surface area (Å²) in [7, 11) is -0.458. The Kier molecular flexibility index (Phi) is 5.22. The lowest BCUT2D eigenvalue weighted by Crippen LogP contribution is -2.08. The average molecular weight is 384 g/mol. The standard InChI is InChI=1S/C24H18NO2S/c26-25(27)22-17-10-18-23(24(22)19-11-4-1-5-12-19)28(20-13-6-2-7-14-20)21-15-8-3-9-16-21/h1-18H/q+1. The molecule has 0 aliphatic carbocycles. The number of nitro groups is 1. The van der Waals surface area contributed by atoms with Crippen LogP contribution in [0.3, 0.4) is 0 Å². The molecular formula is C24H18NO2S+. The normalized spacial score (nSPS) is 10.8. The van der Waals surface area contributed by atoms with Gasteiger partial charge in [-0.3, -0.25) is 10.1 Å². The maximum atomic E-state index is 11.9. The summed E-state index contributed by atoms with van der Waals surface area (Å²) in [5, 5.41) is 11.9. The van der Waals surface area contributed by atoms with Gasteiger partial charge in [-0.2, -0.15) is 0 Å². The molecule has 0 amide bonds. The van der Waals surface area contributed by atoms with Crippen LogP contribution < -0.4 is 0 Å². The van der Waals surface area contributed by atoms with Crippen molar-refractivity contribution in [2.45, 2.75) is 14.7 Å². The van der Waals surface area contributed by atoms with Crippen LogP contribution in [0.4, 0.5) is 5.69 Å². The van der Waals surface area contributed by atoms with Crippen LogP contribution in [-0.4, -0.2) is 4.92 Å². The van der Waals surface area contributed by atoms with Crippen LogP contribution in [0.1, 0.15) is 0 Å². The van der Waals surface area contributed by atoms with E-state index in [1.807, 2.05) is 72.8 Å². The molecule has 3 nitrogen and oxygen atoms in total. The first-order valence-electron chi connectivity index (χ1n) is 8.93. The first-order valence-corrected chi connectivity index (χ1v) is 10.2. The third kappa shape index (κ3) is 3.55. The quantitative estimate of drug-likeness (QED) is 0.228. The van der Waals surface area contributed by atoms with Gasteiger partial charge in [0.2, 0.25) is 0 Å². The van der Waals surface area contributed by atoms with E-state index in [1.54, 1.807) is 12.1 Å². The van der Waals surface area contributed by atoms with Gasteiger partial charge in [-0.25, -0.2) is 0 Å². The lowest BCUT2D eigenvalue weighted by Gasteiger charge is -2.12. The molecular weight excluding hydrogens is 366 g/mol. The van der Waals surface area contributed by atoms with Crippen LogP contribution in [0.2, 0.25) is 0 Å². The van der Waals surface area contributed by atoms with Crippen molar-refractivity contribution in [1.29, 1.82) is 0 Å². The van der Waals surface area contributed by atoms with Gasteiger partial charge in [0.25, 0.3) is 5.69 Å². The predicted molar refractivity (Wildman–Crippen MR) is 114 cm³/mol. The van der Waals surface area contributed by atoms with Gasteiger partial charge in [-0.05, 0) is 35.9 Å². The van der Waals surface area contributed by atoms with E-state index >= 15 is 0 Å². The van der Waals surface area contributed by atoms with Crippen molar-refractivity contribution in [3.8, 4) is 11.1 Å². The monoisotopic (exact) mass is 384 g/mol. The number of benzene rings is 4. The fourth-order valence-corrected chi connectivity index (χ4v) is 5.52. The van der Waals surface area contributed by atoms with Gasteiger partial charge in [0.15, 0.2) is 14.7 Å². The van der Waals surface area contributed by atoms with E-state index in [2.05, 4.69) is 24.3 Å². The Labute approximate surface area is 166 Å². The summed E-state index contributed by atoms with van der Waals surface area (Å²) in [4.78, 5) is 14.8. The van der Waals surface area contributed by atoms with Crippen LogP contribution in [0.15, 0.2) is 124 Å². The van der Waals surface area contributed by atoms with Gasteiger partial charge in [-0.1, -0.05) is 72.8 Å². The van der Waals surface area contributed by atoms with Gasteiger partial charge in [0.1, 0.15) is 16.5 Å². The Morgan fingerprint density at radius 1 is 0.607 bits per heavy atom. The molecule has 0 unspecified atom stereocenters. The van der Waals surface area contributed by atoms with E-state index in [4.69, 9.17) is 0 Å². The van der Waals surface area contributed by atoms with Crippen LogP contribution in [0.5, 0.6) is 0 Å². The second-order valence-corrected chi connectivity index (χ2v) is 8.20. The van der Waals surface area contributed by atoms with Crippen LogP contribution in [0, 0.1) is 10.1 Å². The Morgan fingerprint density at radius 2 is 1.11 bits per heavy atom. The summed E-state index contributed by atoms with van der Waals surface area (Å²) in [5.74, 6) is 0. The van der Waals surface area contributed by atoms with Gasteiger partial charge < -0.3 is 0 Å². The summed E-state index contributed by atoms with van der Waals surface area (Å²) in [6, 6.07) is 35.4. The van der Waals surface area contributed by atoms with E-state index in [-0.39, 0.29) is 10.6 Å². The lowest BCUT2D eigenvalue weighted by molar-refractivity contribution is -0.384. The van der Waals surface area contributed by atoms with E-state index in [1.165, 1.54) is 0 Å². The molecule has 0 aliphatic rings. The fraction of sp³-hybridized carbons (Fsp3) is 0. The Morgan fingerprint density at radius 3 is 1.61 bits per heavy atom. The van der Waals surface area contributed by atoms with Crippen LogP contribution in [-0.2, 0) is 10.9 Å². The van der Waals surface area contributed by atoms with E-state index in [9.17, 15) is 10.1 Å². The molecule has 0 N–H and O–H groups in total. The van der Waals surface area contributed by atoms with Gasteiger partial charge in [0, 0.05) is 6.07 Å². The zero-order valence-electron chi connectivity index (χ0n) is 15.1. The number of nitro benzene ring substituents is 1. The molecule has 0 atom stereocenters. The minimum atomic E-state index is -0.458. The maximum Gasteiger partial charge on any atom is 0.282 e. The van der Waals surface area contributed by atoms with Crippen molar-refractivity contribution < 1.29 is 4.92 Å².